The largest absolute Gasteiger partial charge is 0.343 e. The number of benzene rings is 3. The predicted molar refractivity (Wildman–Crippen MR) is 103 cm³/mol. The number of amides is 2. The quantitative estimate of drug-likeness (QED) is 0.551. The third-order valence-electron chi connectivity index (χ3n) is 4.02. The number of aryl methyl sites for hydroxylation is 1. The Bertz CT molecular complexity index is 974. The van der Waals surface area contributed by atoms with Crippen LogP contribution in [0.2, 0.25) is 0 Å². The van der Waals surface area contributed by atoms with E-state index in [0.29, 0.717) is 5.56 Å². The monoisotopic (exact) mass is 345 g/mol. The summed E-state index contributed by atoms with van der Waals surface area (Å²) in [6.07, 6.45) is 1.60. The van der Waals surface area contributed by atoms with Crippen molar-refractivity contribution in [1.29, 1.82) is 0 Å². The van der Waals surface area contributed by atoms with Crippen molar-refractivity contribution in [3.8, 4) is 0 Å². The molecule has 0 saturated heterocycles. The van der Waals surface area contributed by atoms with E-state index in [1.165, 1.54) is 0 Å². The number of hydrogen-bond donors (Lipinski definition) is 2. The molecule has 0 atom stereocenters. The van der Waals surface area contributed by atoms with Gasteiger partial charge in [-0.25, -0.2) is 5.43 Å². The molecular weight excluding hydrogens is 326 g/mol. The molecule has 2 N–H and O–H groups in total. The lowest BCUT2D eigenvalue weighted by atomic mass is 10.1. The standard InChI is InChI=1S/C21H19N3O2/c1-15-7-2-4-11-18(15)21(26)22-14-20(25)24-23-13-17-10-6-9-16-8-3-5-12-19(16)17/h2-13H,14H2,1H3,(H,22,26)(H,24,25)/b23-13-. The predicted octanol–water partition coefficient (Wildman–Crippen LogP) is 3.03. The third kappa shape index (κ3) is 4.13. The fourth-order valence-corrected chi connectivity index (χ4v) is 2.66. The van der Waals surface area contributed by atoms with E-state index >= 15 is 0 Å². The molecule has 0 unspecified atom stereocenters. The van der Waals surface area contributed by atoms with E-state index in [1.807, 2.05) is 61.5 Å². The van der Waals surface area contributed by atoms with Crippen molar-refractivity contribution >= 4 is 28.8 Å². The zero-order valence-corrected chi connectivity index (χ0v) is 14.4. The SMILES string of the molecule is Cc1ccccc1C(=O)NCC(=O)N/N=C\c1cccc2ccccc12. The second kappa shape index (κ2) is 8.07. The van der Waals surface area contributed by atoms with Gasteiger partial charge in [0.25, 0.3) is 11.8 Å². The summed E-state index contributed by atoms with van der Waals surface area (Å²) in [5.74, 6) is -0.667. The van der Waals surface area contributed by atoms with Crippen LogP contribution in [0.5, 0.6) is 0 Å². The van der Waals surface area contributed by atoms with E-state index in [4.69, 9.17) is 0 Å². The van der Waals surface area contributed by atoms with Gasteiger partial charge in [-0.15, -0.1) is 0 Å². The molecule has 130 valence electrons. The molecule has 2 amide bonds. The number of hydrogen-bond acceptors (Lipinski definition) is 3. The van der Waals surface area contributed by atoms with E-state index in [0.717, 1.165) is 21.9 Å². The number of carbonyl (C=O) groups is 2. The third-order valence-corrected chi connectivity index (χ3v) is 4.02. The van der Waals surface area contributed by atoms with Crippen LogP contribution >= 0.6 is 0 Å². The Hall–Kier alpha value is -3.47. The van der Waals surface area contributed by atoms with E-state index < -0.39 is 0 Å². The molecule has 0 aliphatic heterocycles. The molecule has 5 heteroatoms. The van der Waals surface area contributed by atoms with Gasteiger partial charge in [-0.2, -0.15) is 5.10 Å². The van der Waals surface area contributed by atoms with Gasteiger partial charge in [-0.3, -0.25) is 9.59 Å². The minimum absolute atomic E-state index is 0.139. The maximum absolute atomic E-state index is 12.1. The normalized spacial score (nSPS) is 10.8. The van der Waals surface area contributed by atoms with Crippen LogP contribution in [-0.4, -0.2) is 24.6 Å². The van der Waals surface area contributed by atoms with E-state index in [1.54, 1.807) is 18.3 Å². The highest BCUT2D eigenvalue weighted by molar-refractivity contribution is 6.00. The summed E-state index contributed by atoms with van der Waals surface area (Å²) in [7, 11) is 0. The van der Waals surface area contributed by atoms with Gasteiger partial charge in [0.2, 0.25) is 0 Å². The van der Waals surface area contributed by atoms with Gasteiger partial charge in [0.15, 0.2) is 0 Å². The minimum atomic E-state index is -0.386. The van der Waals surface area contributed by atoms with Crippen molar-refractivity contribution in [3.05, 3.63) is 83.4 Å². The Labute approximate surface area is 151 Å². The van der Waals surface area contributed by atoms with Crippen LogP contribution in [0.3, 0.4) is 0 Å². The molecule has 0 spiro atoms. The van der Waals surface area contributed by atoms with E-state index in [9.17, 15) is 9.59 Å². The number of fused-ring (bicyclic) bond motifs is 1. The molecule has 26 heavy (non-hydrogen) atoms. The number of nitrogens with zero attached hydrogens (tertiary/aromatic N) is 1. The second-order valence-corrected chi connectivity index (χ2v) is 5.86. The highest BCUT2D eigenvalue weighted by Gasteiger charge is 2.09. The Morgan fingerprint density at radius 3 is 2.54 bits per heavy atom. The van der Waals surface area contributed by atoms with E-state index in [2.05, 4.69) is 15.8 Å². The smallest absolute Gasteiger partial charge is 0.259 e. The topological polar surface area (TPSA) is 70.6 Å². The molecule has 3 aromatic rings. The molecule has 5 nitrogen and oxygen atoms in total. The highest BCUT2D eigenvalue weighted by Crippen LogP contribution is 2.16. The number of carbonyl (C=O) groups excluding carboxylic acids is 2. The van der Waals surface area contributed by atoms with Crippen LogP contribution in [0.1, 0.15) is 21.5 Å². The Morgan fingerprint density at radius 2 is 1.69 bits per heavy atom. The maximum atomic E-state index is 12.1. The molecule has 3 aromatic carbocycles. The fraction of sp³-hybridized carbons (Fsp3) is 0.0952. The highest BCUT2D eigenvalue weighted by atomic mass is 16.2. The summed E-state index contributed by atoms with van der Waals surface area (Å²) in [6.45, 7) is 1.71. The first-order chi connectivity index (χ1) is 12.6. The average Bonchev–Trinajstić information content (AvgIpc) is 2.66. The zero-order valence-electron chi connectivity index (χ0n) is 14.4. The average molecular weight is 345 g/mol. The zero-order chi connectivity index (χ0) is 18.4. The van der Waals surface area contributed by atoms with Gasteiger partial charge in [0, 0.05) is 11.1 Å². The summed E-state index contributed by atoms with van der Waals surface area (Å²) >= 11 is 0. The van der Waals surface area contributed by atoms with Crippen LogP contribution in [0.4, 0.5) is 0 Å². The summed E-state index contributed by atoms with van der Waals surface area (Å²) in [5.41, 5.74) is 4.76. The molecule has 0 fully saturated rings. The first-order valence-corrected chi connectivity index (χ1v) is 8.28. The molecular formula is C21H19N3O2. The van der Waals surface area contributed by atoms with Crippen molar-refractivity contribution < 1.29 is 9.59 Å². The fourth-order valence-electron chi connectivity index (χ4n) is 2.66. The molecule has 0 heterocycles. The number of rotatable bonds is 5. The lowest BCUT2D eigenvalue weighted by Crippen LogP contribution is -2.35. The van der Waals surface area contributed by atoms with Gasteiger partial charge >= 0.3 is 0 Å². The molecule has 0 aromatic heterocycles. The van der Waals surface area contributed by atoms with Crippen LogP contribution in [0, 0.1) is 6.92 Å². The molecule has 0 bridgehead atoms. The first-order valence-electron chi connectivity index (χ1n) is 8.28. The van der Waals surface area contributed by atoms with Crippen LogP contribution in [0.25, 0.3) is 10.8 Å². The summed E-state index contributed by atoms with van der Waals surface area (Å²) in [4.78, 5) is 24.0. The van der Waals surface area contributed by atoms with Crippen LogP contribution < -0.4 is 10.7 Å². The van der Waals surface area contributed by atoms with Gasteiger partial charge < -0.3 is 5.32 Å². The van der Waals surface area contributed by atoms with Gasteiger partial charge in [0.1, 0.15) is 0 Å². The molecule has 0 radical (unpaired) electrons. The Kier molecular flexibility index (Phi) is 5.39. The number of hydrazone groups is 1. The van der Waals surface area contributed by atoms with Gasteiger partial charge in [-0.1, -0.05) is 60.7 Å². The van der Waals surface area contributed by atoms with Gasteiger partial charge in [0.05, 0.1) is 12.8 Å². The van der Waals surface area contributed by atoms with Crippen LogP contribution in [0.15, 0.2) is 71.8 Å². The first kappa shape index (κ1) is 17.4. The lowest BCUT2D eigenvalue weighted by Gasteiger charge is -2.06. The molecule has 0 aliphatic rings. The van der Waals surface area contributed by atoms with Crippen molar-refractivity contribution in [2.45, 2.75) is 6.92 Å². The molecule has 0 aliphatic carbocycles. The second-order valence-electron chi connectivity index (χ2n) is 5.86. The van der Waals surface area contributed by atoms with Crippen molar-refractivity contribution in [3.63, 3.8) is 0 Å². The lowest BCUT2D eigenvalue weighted by molar-refractivity contribution is -0.120. The summed E-state index contributed by atoms with van der Waals surface area (Å²) < 4.78 is 0. The Balaban J connectivity index is 1.56. The van der Waals surface area contributed by atoms with Crippen molar-refractivity contribution in [1.82, 2.24) is 10.7 Å². The minimum Gasteiger partial charge on any atom is -0.343 e. The summed E-state index contributed by atoms with van der Waals surface area (Å²) in [5, 5.41) is 8.74. The van der Waals surface area contributed by atoms with Gasteiger partial charge in [-0.05, 0) is 29.3 Å². The van der Waals surface area contributed by atoms with Crippen LogP contribution in [-0.2, 0) is 4.79 Å². The maximum Gasteiger partial charge on any atom is 0.259 e. The molecule has 0 saturated carbocycles. The van der Waals surface area contributed by atoms with E-state index in [-0.39, 0.29) is 18.4 Å². The summed E-state index contributed by atoms with van der Waals surface area (Å²) in [6, 6.07) is 21.1. The number of nitrogens with one attached hydrogen (secondary N) is 2. The van der Waals surface area contributed by atoms with Crippen molar-refractivity contribution in [2.75, 3.05) is 6.54 Å². The molecule has 3 rings (SSSR count). The van der Waals surface area contributed by atoms with Crippen molar-refractivity contribution in [2.24, 2.45) is 5.10 Å². The Morgan fingerprint density at radius 1 is 0.962 bits per heavy atom.